The van der Waals surface area contributed by atoms with Crippen molar-refractivity contribution in [1.82, 2.24) is 15.0 Å². The number of nitrogens with zero attached hydrogens (tertiary/aromatic N) is 3. The fraction of sp³-hybridized carbons (Fsp3) is 0. The van der Waals surface area contributed by atoms with E-state index in [1.165, 1.54) is 29.1 Å². The van der Waals surface area contributed by atoms with E-state index in [-0.39, 0.29) is 11.7 Å². The lowest BCUT2D eigenvalue weighted by atomic mass is 10.2. The monoisotopic (exact) mass is 366 g/mol. The predicted octanol–water partition coefficient (Wildman–Crippen LogP) is 4.47. The molecule has 0 saturated carbocycles. The first-order valence-corrected chi connectivity index (χ1v) is 8.16. The van der Waals surface area contributed by atoms with Crippen LogP contribution in [-0.2, 0) is 0 Å². The van der Waals surface area contributed by atoms with Gasteiger partial charge in [0.15, 0.2) is 0 Å². The van der Waals surface area contributed by atoms with Crippen LogP contribution in [0.4, 0.5) is 10.1 Å². The number of carbonyl (C=O) groups excluding carboxylic acids is 1. The summed E-state index contributed by atoms with van der Waals surface area (Å²) < 4.78 is 13.0. The molecule has 1 N–H and O–H groups in total. The molecule has 1 amide bonds. The summed E-state index contributed by atoms with van der Waals surface area (Å²) in [7, 11) is 0. The van der Waals surface area contributed by atoms with Gasteiger partial charge in [0.2, 0.25) is 0 Å². The second-order valence-electron chi connectivity index (χ2n) is 5.63. The number of anilines is 1. The van der Waals surface area contributed by atoms with Gasteiger partial charge in [0, 0.05) is 16.3 Å². The fourth-order valence-corrected chi connectivity index (χ4v) is 2.61. The van der Waals surface area contributed by atoms with Crippen molar-refractivity contribution in [2.45, 2.75) is 0 Å². The van der Waals surface area contributed by atoms with Crippen LogP contribution in [-0.4, -0.2) is 20.9 Å². The maximum Gasteiger partial charge on any atom is 0.255 e. The van der Waals surface area contributed by atoms with Crippen molar-refractivity contribution in [2.75, 3.05) is 5.32 Å². The van der Waals surface area contributed by atoms with Gasteiger partial charge in [-0.2, -0.15) is 4.80 Å². The van der Waals surface area contributed by atoms with Gasteiger partial charge >= 0.3 is 0 Å². The lowest BCUT2D eigenvalue weighted by Gasteiger charge is -2.04. The molecule has 26 heavy (non-hydrogen) atoms. The normalized spacial score (nSPS) is 10.8. The van der Waals surface area contributed by atoms with Crippen molar-refractivity contribution in [1.29, 1.82) is 0 Å². The van der Waals surface area contributed by atoms with Crippen molar-refractivity contribution in [3.8, 4) is 5.69 Å². The maximum absolute atomic E-state index is 13.0. The Morgan fingerprint density at radius 3 is 2.35 bits per heavy atom. The third-order valence-electron chi connectivity index (χ3n) is 3.80. The predicted molar refractivity (Wildman–Crippen MR) is 98.2 cm³/mol. The standard InChI is InChI=1S/C19H12ClFN4O/c20-13-3-8-16(9-4-13)25-23-17-10-7-15(11-18(17)24-25)22-19(26)12-1-5-14(21)6-2-12/h1-11H,(H,22,26). The average Bonchev–Trinajstić information content (AvgIpc) is 3.06. The molecule has 1 aromatic heterocycles. The van der Waals surface area contributed by atoms with Gasteiger partial charge in [-0.05, 0) is 66.7 Å². The minimum atomic E-state index is -0.387. The molecule has 0 aliphatic carbocycles. The maximum atomic E-state index is 13.0. The van der Waals surface area contributed by atoms with Gasteiger partial charge in [0.25, 0.3) is 5.91 Å². The Kier molecular flexibility index (Phi) is 4.10. The minimum Gasteiger partial charge on any atom is -0.322 e. The van der Waals surface area contributed by atoms with Gasteiger partial charge in [-0.25, -0.2) is 4.39 Å². The first kappa shape index (κ1) is 16.2. The molecule has 4 aromatic rings. The second-order valence-corrected chi connectivity index (χ2v) is 6.07. The number of hydrogen-bond donors (Lipinski definition) is 1. The SMILES string of the molecule is O=C(Nc1ccc2nn(-c3ccc(Cl)cc3)nc2c1)c1ccc(F)cc1. The van der Waals surface area contributed by atoms with E-state index in [9.17, 15) is 9.18 Å². The molecule has 0 spiro atoms. The lowest BCUT2D eigenvalue weighted by Crippen LogP contribution is -2.11. The average molecular weight is 367 g/mol. The number of halogens is 2. The lowest BCUT2D eigenvalue weighted by molar-refractivity contribution is 0.102. The van der Waals surface area contributed by atoms with E-state index in [1.807, 2.05) is 12.1 Å². The zero-order chi connectivity index (χ0) is 18.1. The number of hydrogen-bond acceptors (Lipinski definition) is 3. The van der Waals surface area contributed by atoms with Gasteiger partial charge in [0.05, 0.1) is 5.69 Å². The highest BCUT2D eigenvalue weighted by Gasteiger charge is 2.09. The smallest absolute Gasteiger partial charge is 0.255 e. The molecule has 4 rings (SSSR count). The molecular formula is C19H12ClFN4O. The number of aromatic nitrogens is 3. The molecule has 0 fully saturated rings. The summed E-state index contributed by atoms with van der Waals surface area (Å²) >= 11 is 5.90. The Bertz CT molecular complexity index is 1090. The topological polar surface area (TPSA) is 59.8 Å². The van der Waals surface area contributed by atoms with Crippen LogP contribution in [0.1, 0.15) is 10.4 Å². The van der Waals surface area contributed by atoms with Crippen molar-refractivity contribution < 1.29 is 9.18 Å². The number of nitrogens with one attached hydrogen (secondary N) is 1. The van der Waals surface area contributed by atoms with Gasteiger partial charge in [-0.3, -0.25) is 4.79 Å². The Hall–Kier alpha value is -3.25. The van der Waals surface area contributed by atoms with E-state index in [4.69, 9.17) is 11.6 Å². The van der Waals surface area contributed by atoms with Crippen LogP contribution >= 0.6 is 11.6 Å². The third kappa shape index (κ3) is 3.27. The molecule has 5 nitrogen and oxygen atoms in total. The highest BCUT2D eigenvalue weighted by Crippen LogP contribution is 2.19. The van der Waals surface area contributed by atoms with Crippen LogP contribution in [0, 0.1) is 5.82 Å². The van der Waals surface area contributed by atoms with Crippen molar-refractivity contribution >= 4 is 34.2 Å². The van der Waals surface area contributed by atoms with Crippen LogP contribution in [0.3, 0.4) is 0 Å². The number of fused-ring (bicyclic) bond motifs is 1. The second kappa shape index (κ2) is 6.57. The molecule has 0 radical (unpaired) electrons. The van der Waals surface area contributed by atoms with Crippen LogP contribution < -0.4 is 5.32 Å². The molecule has 3 aromatic carbocycles. The van der Waals surface area contributed by atoms with E-state index in [1.54, 1.807) is 30.3 Å². The van der Waals surface area contributed by atoms with Gasteiger partial charge < -0.3 is 5.32 Å². The quantitative estimate of drug-likeness (QED) is 0.582. The van der Waals surface area contributed by atoms with E-state index < -0.39 is 0 Å². The summed E-state index contributed by atoms with van der Waals surface area (Å²) in [5.74, 6) is -0.712. The van der Waals surface area contributed by atoms with Gasteiger partial charge in [0.1, 0.15) is 16.9 Å². The Morgan fingerprint density at radius 2 is 1.62 bits per heavy atom. The molecule has 128 valence electrons. The van der Waals surface area contributed by atoms with Gasteiger partial charge in [-0.1, -0.05) is 11.6 Å². The first-order valence-electron chi connectivity index (χ1n) is 7.78. The van der Waals surface area contributed by atoms with Crippen molar-refractivity contribution in [3.05, 3.63) is 83.1 Å². The van der Waals surface area contributed by atoms with Gasteiger partial charge in [-0.15, -0.1) is 10.2 Å². The van der Waals surface area contributed by atoms with Crippen LogP contribution in [0.2, 0.25) is 5.02 Å². The van der Waals surface area contributed by atoms with E-state index >= 15 is 0 Å². The van der Waals surface area contributed by atoms with E-state index in [0.717, 1.165) is 5.69 Å². The van der Waals surface area contributed by atoms with Crippen LogP contribution in [0.25, 0.3) is 16.7 Å². The fourth-order valence-electron chi connectivity index (χ4n) is 2.49. The Labute approximate surface area is 153 Å². The largest absolute Gasteiger partial charge is 0.322 e. The van der Waals surface area contributed by atoms with E-state index in [0.29, 0.717) is 27.3 Å². The summed E-state index contributed by atoms with van der Waals surface area (Å²) in [6.07, 6.45) is 0. The molecular weight excluding hydrogens is 355 g/mol. The van der Waals surface area contributed by atoms with Crippen LogP contribution in [0.5, 0.6) is 0 Å². The molecule has 0 unspecified atom stereocenters. The molecule has 0 bridgehead atoms. The number of benzene rings is 3. The summed E-state index contributed by atoms with van der Waals surface area (Å²) in [4.78, 5) is 13.7. The first-order chi connectivity index (χ1) is 12.6. The summed E-state index contributed by atoms with van der Waals surface area (Å²) in [6, 6.07) is 17.8. The number of amides is 1. The Morgan fingerprint density at radius 1 is 0.923 bits per heavy atom. The van der Waals surface area contributed by atoms with E-state index in [2.05, 4.69) is 15.5 Å². The van der Waals surface area contributed by atoms with Crippen molar-refractivity contribution in [3.63, 3.8) is 0 Å². The number of carbonyl (C=O) groups is 1. The highest BCUT2D eigenvalue weighted by atomic mass is 35.5. The van der Waals surface area contributed by atoms with Crippen molar-refractivity contribution in [2.24, 2.45) is 0 Å². The molecule has 1 heterocycles. The zero-order valence-electron chi connectivity index (χ0n) is 13.4. The molecule has 0 aliphatic heterocycles. The highest BCUT2D eigenvalue weighted by molar-refractivity contribution is 6.30. The molecule has 0 aliphatic rings. The molecule has 0 atom stereocenters. The molecule has 0 saturated heterocycles. The minimum absolute atomic E-state index is 0.325. The number of rotatable bonds is 3. The summed E-state index contributed by atoms with van der Waals surface area (Å²) in [6.45, 7) is 0. The molecule has 7 heteroatoms. The summed E-state index contributed by atoms with van der Waals surface area (Å²) in [5, 5.41) is 12.2. The van der Waals surface area contributed by atoms with Crippen LogP contribution in [0.15, 0.2) is 66.7 Å². The zero-order valence-corrected chi connectivity index (χ0v) is 14.1. The Balaban J connectivity index is 1.60. The third-order valence-corrected chi connectivity index (χ3v) is 4.05. The summed E-state index contributed by atoms with van der Waals surface area (Å²) in [5.41, 5.74) is 3.06.